The SMILES string of the molecule is Cc1cc(Br)c(F)cc1NC1CCN(C)C1. The Bertz CT molecular complexity index is 395. The quantitative estimate of drug-likeness (QED) is 0.899. The molecule has 1 saturated heterocycles. The molecule has 2 rings (SSSR count). The standard InChI is InChI=1S/C12H16BrFN2/c1-8-5-10(13)11(14)6-12(8)15-9-3-4-16(2)7-9/h5-6,9,15H,3-4,7H2,1-2H3. The molecule has 0 bridgehead atoms. The zero-order valence-corrected chi connectivity index (χ0v) is 11.1. The van der Waals surface area contributed by atoms with E-state index >= 15 is 0 Å². The first-order chi connectivity index (χ1) is 7.56. The van der Waals surface area contributed by atoms with Crippen LogP contribution in [0.3, 0.4) is 0 Å². The van der Waals surface area contributed by atoms with E-state index < -0.39 is 0 Å². The van der Waals surface area contributed by atoms with E-state index in [1.165, 1.54) is 0 Å². The van der Waals surface area contributed by atoms with E-state index in [9.17, 15) is 4.39 Å². The molecule has 1 unspecified atom stereocenters. The van der Waals surface area contributed by atoms with Crippen LogP contribution in [0.25, 0.3) is 0 Å². The number of aryl methyl sites for hydroxylation is 1. The Balaban J connectivity index is 2.12. The van der Waals surface area contributed by atoms with Gasteiger partial charge >= 0.3 is 0 Å². The van der Waals surface area contributed by atoms with Gasteiger partial charge in [-0.2, -0.15) is 0 Å². The Morgan fingerprint density at radius 3 is 2.88 bits per heavy atom. The second kappa shape index (κ2) is 4.72. The predicted octanol–water partition coefficient (Wildman–Crippen LogP) is 3.01. The van der Waals surface area contributed by atoms with E-state index in [4.69, 9.17) is 0 Å². The van der Waals surface area contributed by atoms with Crippen LogP contribution in [-0.4, -0.2) is 31.1 Å². The number of hydrogen-bond acceptors (Lipinski definition) is 2. The van der Waals surface area contributed by atoms with Crippen LogP contribution in [0.1, 0.15) is 12.0 Å². The highest BCUT2D eigenvalue weighted by Crippen LogP contribution is 2.25. The zero-order valence-electron chi connectivity index (χ0n) is 9.56. The van der Waals surface area contributed by atoms with Crippen molar-refractivity contribution >= 4 is 21.6 Å². The molecule has 0 amide bonds. The summed E-state index contributed by atoms with van der Waals surface area (Å²) in [6.07, 6.45) is 1.12. The van der Waals surface area contributed by atoms with Crippen molar-refractivity contribution in [2.45, 2.75) is 19.4 Å². The number of halogens is 2. The van der Waals surface area contributed by atoms with E-state index in [-0.39, 0.29) is 5.82 Å². The summed E-state index contributed by atoms with van der Waals surface area (Å²) in [6.45, 7) is 4.12. The topological polar surface area (TPSA) is 15.3 Å². The molecular weight excluding hydrogens is 271 g/mol. The lowest BCUT2D eigenvalue weighted by Crippen LogP contribution is -2.23. The average molecular weight is 287 g/mol. The smallest absolute Gasteiger partial charge is 0.139 e. The third-order valence-corrected chi connectivity index (χ3v) is 3.63. The fourth-order valence-corrected chi connectivity index (χ4v) is 2.53. The third kappa shape index (κ3) is 2.55. The molecule has 1 aliphatic heterocycles. The summed E-state index contributed by atoms with van der Waals surface area (Å²) < 4.78 is 13.9. The van der Waals surface area contributed by atoms with Crippen LogP contribution in [0.4, 0.5) is 10.1 Å². The number of hydrogen-bond donors (Lipinski definition) is 1. The molecule has 1 aromatic rings. The van der Waals surface area contributed by atoms with Gasteiger partial charge in [0.1, 0.15) is 5.82 Å². The van der Waals surface area contributed by atoms with Crippen LogP contribution in [0, 0.1) is 12.7 Å². The molecule has 88 valence electrons. The molecule has 4 heteroatoms. The number of rotatable bonds is 2. The van der Waals surface area contributed by atoms with Crippen LogP contribution in [-0.2, 0) is 0 Å². The summed E-state index contributed by atoms with van der Waals surface area (Å²) in [5.41, 5.74) is 1.98. The van der Waals surface area contributed by atoms with E-state index in [1.807, 2.05) is 13.0 Å². The van der Waals surface area contributed by atoms with Gasteiger partial charge in [0, 0.05) is 18.3 Å². The molecule has 0 radical (unpaired) electrons. The first kappa shape index (κ1) is 11.9. The highest BCUT2D eigenvalue weighted by Gasteiger charge is 2.19. The van der Waals surface area contributed by atoms with Crippen LogP contribution in [0.15, 0.2) is 16.6 Å². The van der Waals surface area contributed by atoms with Crippen molar-refractivity contribution in [3.8, 4) is 0 Å². The van der Waals surface area contributed by atoms with E-state index in [1.54, 1.807) is 6.07 Å². The number of likely N-dealkylation sites (N-methyl/N-ethyl adjacent to an activating group) is 1. The molecule has 1 N–H and O–H groups in total. The van der Waals surface area contributed by atoms with Gasteiger partial charge in [0.2, 0.25) is 0 Å². The van der Waals surface area contributed by atoms with Gasteiger partial charge in [-0.25, -0.2) is 4.39 Å². The molecule has 1 heterocycles. The molecule has 1 aliphatic rings. The molecule has 0 spiro atoms. The average Bonchev–Trinajstić information content (AvgIpc) is 2.60. The van der Waals surface area contributed by atoms with Crippen molar-refractivity contribution < 1.29 is 4.39 Å². The molecule has 0 aliphatic carbocycles. The number of benzene rings is 1. The third-order valence-electron chi connectivity index (χ3n) is 3.02. The largest absolute Gasteiger partial charge is 0.381 e. The van der Waals surface area contributed by atoms with E-state index in [0.29, 0.717) is 10.5 Å². The number of nitrogens with zero attached hydrogens (tertiary/aromatic N) is 1. The minimum absolute atomic E-state index is 0.209. The predicted molar refractivity (Wildman–Crippen MR) is 68.4 cm³/mol. The first-order valence-electron chi connectivity index (χ1n) is 5.47. The highest BCUT2D eigenvalue weighted by atomic mass is 79.9. The number of likely N-dealkylation sites (tertiary alicyclic amines) is 1. The maximum Gasteiger partial charge on any atom is 0.139 e. The second-order valence-corrected chi connectivity index (χ2v) is 5.33. The summed E-state index contributed by atoms with van der Waals surface area (Å²) in [5, 5.41) is 3.41. The van der Waals surface area contributed by atoms with Crippen LogP contribution < -0.4 is 5.32 Å². The Hall–Kier alpha value is -0.610. The molecule has 0 saturated carbocycles. The molecule has 1 atom stereocenters. The number of anilines is 1. The van der Waals surface area contributed by atoms with Crippen molar-refractivity contribution in [1.82, 2.24) is 4.90 Å². The van der Waals surface area contributed by atoms with Gasteiger partial charge in [0.05, 0.1) is 4.47 Å². The van der Waals surface area contributed by atoms with Crippen LogP contribution in [0.2, 0.25) is 0 Å². The highest BCUT2D eigenvalue weighted by molar-refractivity contribution is 9.10. The van der Waals surface area contributed by atoms with Gasteiger partial charge in [-0.15, -0.1) is 0 Å². The van der Waals surface area contributed by atoms with Crippen molar-refractivity contribution in [2.24, 2.45) is 0 Å². The first-order valence-corrected chi connectivity index (χ1v) is 6.26. The Morgan fingerprint density at radius 2 is 2.25 bits per heavy atom. The van der Waals surface area contributed by atoms with Gasteiger partial charge in [0.25, 0.3) is 0 Å². The fourth-order valence-electron chi connectivity index (χ4n) is 2.07. The van der Waals surface area contributed by atoms with Crippen LogP contribution >= 0.6 is 15.9 Å². The lowest BCUT2D eigenvalue weighted by molar-refractivity contribution is 0.414. The molecule has 1 aromatic carbocycles. The maximum absolute atomic E-state index is 13.4. The Kier molecular flexibility index (Phi) is 3.50. The van der Waals surface area contributed by atoms with Gasteiger partial charge in [-0.1, -0.05) is 0 Å². The molecular formula is C12H16BrFN2. The van der Waals surface area contributed by atoms with Crippen molar-refractivity contribution in [1.29, 1.82) is 0 Å². The molecule has 1 fully saturated rings. The molecule has 16 heavy (non-hydrogen) atoms. The Morgan fingerprint density at radius 1 is 1.50 bits per heavy atom. The maximum atomic E-state index is 13.4. The van der Waals surface area contributed by atoms with Crippen molar-refractivity contribution in [3.05, 3.63) is 28.0 Å². The Labute approximate surface area is 104 Å². The molecule has 0 aromatic heterocycles. The second-order valence-electron chi connectivity index (χ2n) is 4.47. The summed E-state index contributed by atoms with van der Waals surface area (Å²) in [5.74, 6) is -0.209. The van der Waals surface area contributed by atoms with Crippen molar-refractivity contribution in [3.63, 3.8) is 0 Å². The minimum Gasteiger partial charge on any atom is -0.381 e. The summed E-state index contributed by atoms with van der Waals surface area (Å²) in [6, 6.07) is 3.82. The monoisotopic (exact) mass is 286 g/mol. The fraction of sp³-hybridized carbons (Fsp3) is 0.500. The number of nitrogens with one attached hydrogen (secondary N) is 1. The van der Waals surface area contributed by atoms with Gasteiger partial charge in [0.15, 0.2) is 0 Å². The summed E-state index contributed by atoms with van der Waals surface area (Å²) >= 11 is 3.19. The lowest BCUT2D eigenvalue weighted by atomic mass is 10.1. The summed E-state index contributed by atoms with van der Waals surface area (Å²) in [7, 11) is 2.11. The van der Waals surface area contributed by atoms with Gasteiger partial charge in [-0.05, 0) is 60.6 Å². The van der Waals surface area contributed by atoms with Gasteiger partial charge < -0.3 is 10.2 Å². The lowest BCUT2D eigenvalue weighted by Gasteiger charge is -2.16. The van der Waals surface area contributed by atoms with E-state index in [0.717, 1.165) is 30.8 Å². The van der Waals surface area contributed by atoms with E-state index in [2.05, 4.69) is 33.2 Å². The normalized spacial score (nSPS) is 21.4. The zero-order chi connectivity index (χ0) is 11.7. The minimum atomic E-state index is -0.209. The molecule has 2 nitrogen and oxygen atoms in total. The van der Waals surface area contributed by atoms with Crippen LogP contribution in [0.5, 0.6) is 0 Å². The van der Waals surface area contributed by atoms with Crippen molar-refractivity contribution in [2.75, 3.05) is 25.5 Å². The van der Waals surface area contributed by atoms with Gasteiger partial charge in [-0.3, -0.25) is 0 Å². The summed E-state index contributed by atoms with van der Waals surface area (Å²) in [4.78, 5) is 2.28.